The Morgan fingerprint density at radius 2 is 1.67 bits per heavy atom. The van der Waals surface area contributed by atoms with Crippen molar-refractivity contribution in [3.8, 4) is 17.2 Å². The number of hydrogen-bond acceptors (Lipinski definition) is 6. The summed E-state index contributed by atoms with van der Waals surface area (Å²) in [6.07, 6.45) is 1.80. The van der Waals surface area contributed by atoms with Gasteiger partial charge in [-0.1, -0.05) is 6.07 Å². The molecule has 0 bridgehead atoms. The molecule has 0 saturated heterocycles. The molecule has 0 amide bonds. The van der Waals surface area contributed by atoms with E-state index in [9.17, 15) is 4.79 Å². The van der Waals surface area contributed by atoms with Gasteiger partial charge in [-0.05, 0) is 48.4 Å². The predicted octanol–water partition coefficient (Wildman–Crippen LogP) is 3.65. The highest BCUT2D eigenvalue weighted by atomic mass is 16.5. The summed E-state index contributed by atoms with van der Waals surface area (Å²) in [5.41, 5.74) is 9.48. The van der Waals surface area contributed by atoms with Crippen LogP contribution in [0.1, 0.15) is 22.8 Å². The fourth-order valence-electron chi connectivity index (χ4n) is 2.88. The van der Waals surface area contributed by atoms with Gasteiger partial charge in [0.2, 0.25) is 5.75 Å². The lowest BCUT2D eigenvalue weighted by Gasteiger charge is -2.16. The zero-order valence-corrected chi connectivity index (χ0v) is 16.6. The average Bonchev–Trinajstić information content (AvgIpc) is 2.65. The second-order valence-corrected chi connectivity index (χ2v) is 6.25. The average molecular weight is 370 g/mol. The van der Waals surface area contributed by atoms with E-state index in [0.717, 1.165) is 11.3 Å². The summed E-state index contributed by atoms with van der Waals surface area (Å²) in [5.74, 6) is 1.07. The van der Waals surface area contributed by atoms with Gasteiger partial charge >= 0.3 is 0 Å². The molecule has 0 aromatic heterocycles. The van der Waals surface area contributed by atoms with Crippen LogP contribution >= 0.6 is 0 Å². The van der Waals surface area contributed by atoms with Gasteiger partial charge in [0.1, 0.15) is 0 Å². The first-order valence-electron chi connectivity index (χ1n) is 8.42. The SMILES string of the molecule is COc1ccc(C(=O)C(C)=Cc2ccc(N(C)C)c(N)c2)c(OC)c1OC. The number of ketones is 1. The summed E-state index contributed by atoms with van der Waals surface area (Å²) in [5, 5.41) is 0. The van der Waals surface area contributed by atoms with E-state index in [1.807, 2.05) is 37.2 Å². The zero-order valence-electron chi connectivity index (χ0n) is 16.6. The van der Waals surface area contributed by atoms with E-state index in [-0.39, 0.29) is 5.78 Å². The number of hydrogen-bond donors (Lipinski definition) is 1. The highest BCUT2D eigenvalue weighted by molar-refractivity contribution is 6.13. The lowest BCUT2D eigenvalue weighted by Crippen LogP contribution is -2.11. The molecule has 27 heavy (non-hydrogen) atoms. The van der Waals surface area contributed by atoms with Crippen molar-refractivity contribution >= 4 is 23.2 Å². The number of benzene rings is 2. The summed E-state index contributed by atoms with van der Waals surface area (Å²) in [6, 6.07) is 9.05. The van der Waals surface area contributed by atoms with E-state index in [2.05, 4.69) is 0 Å². The van der Waals surface area contributed by atoms with E-state index >= 15 is 0 Å². The molecule has 0 fully saturated rings. The van der Waals surface area contributed by atoms with Gasteiger partial charge in [0.25, 0.3) is 0 Å². The third-order valence-corrected chi connectivity index (χ3v) is 4.22. The van der Waals surface area contributed by atoms with E-state index < -0.39 is 0 Å². The number of nitrogens with two attached hydrogens (primary N) is 1. The molecule has 0 aliphatic carbocycles. The Labute approximate surface area is 160 Å². The third kappa shape index (κ3) is 4.16. The quantitative estimate of drug-likeness (QED) is 0.456. The van der Waals surface area contributed by atoms with Crippen LogP contribution in [0.5, 0.6) is 17.2 Å². The lowest BCUT2D eigenvalue weighted by atomic mass is 10.00. The summed E-state index contributed by atoms with van der Waals surface area (Å²) in [6.45, 7) is 1.76. The summed E-state index contributed by atoms with van der Waals surface area (Å²) < 4.78 is 16.0. The molecule has 2 aromatic rings. The van der Waals surface area contributed by atoms with Crippen LogP contribution in [0, 0.1) is 0 Å². The number of allylic oxidation sites excluding steroid dienone is 1. The minimum Gasteiger partial charge on any atom is -0.493 e. The summed E-state index contributed by atoms with van der Waals surface area (Å²) in [7, 11) is 8.39. The molecule has 0 spiro atoms. The minimum absolute atomic E-state index is 0.164. The van der Waals surface area contributed by atoms with Gasteiger partial charge in [-0.25, -0.2) is 0 Å². The fraction of sp³-hybridized carbons (Fsp3) is 0.286. The Morgan fingerprint density at radius 1 is 1.00 bits per heavy atom. The van der Waals surface area contributed by atoms with Crippen molar-refractivity contribution in [2.24, 2.45) is 0 Å². The Balaban J connectivity index is 2.43. The Kier molecular flexibility index (Phi) is 6.34. The highest BCUT2D eigenvalue weighted by Gasteiger charge is 2.21. The molecule has 0 unspecified atom stereocenters. The molecule has 0 saturated carbocycles. The van der Waals surface area contributed by atoms with Crippen molar-refractivity contribution in [1.82, 2.24) is 0 Å². The number of Topliss-reactive ketones (excluding diaryl/α,β-unsaturated/α-hetero) is 1. The van der Waals surface area contributed by atoms with Crippen LogP contribution in [0.2, 0.25) is 0 Å². The maximum atomic E-state index is 13.0. The summed E-state index contributed by atoms with van der Waals surface area (Å²) >= 11 is 0. The number of methoxy groups -OCH3 is 3. The summed E-state index contributed by atoms with van der Waals surface area (Å²) in [4.78, 5) is 14.9. The van der Waals surface area contributed by atoms with Gasteiger partial charge in [-0.2, -0.15) is 0 Å². The first-order valence-corrected chi connectivity index (χ1v) is 8.42. The molecule has 0 radical (unpaired) electrons. The van der Waals surface area contributed by atoms with Crippen molar-refractivity contribution in [2.75, 3.05) is 46.1 Å². The number of nitrogen functional groups attached to an aromatic ring is 1. The van der Waals surface area contributed by atoms with Crippen molar-refractivity contribution in [3.63, 3.8) is 0 Å². The molecule has 144 valence electrons. The maximum Gasteiger partial charge on any atom is 0.204 e. The lowest BCUT2D eigenvalue weighted by molar-refractivity contribution is 0.103. The Hall–Kier alpha value is -3.15. The standard InChI is InChI=1S/C21H26N2O4/c1-13(11-14-7-9-17(23(2)3)16(22)12-14)19(24)15-8-10-18(25-4)21(27-6)20(15)26-5/h7-12H,22H2,1-6H3. The number of carbonyl (C=O) groups excluding carboxylic acids is 1. The van der Waals surface area contributed by atoms with Crippen molar-refractivity contribution in [3.05, 3.63) is 47.0 Å². The van der Waals surface area contributed by atoms with E-state index in [1.165, 1.54) is 21.3 Å². The van der Waals surface area contributed by atoms with Gasteiger partial charge in [0, 0.05) is 14.1 Å². The molecule has 0 heterocycles. The highest BCUT2D eigenvalue weighted by Crippen LogP contribution is 2.40. The van der Waals surface area contributed by atoms with E-state index in [4.69, 9.17) is 19.9 Å². The second kappa shape index (κ2) is 8.49. The fourth-order valence-corrected chi connectivity index (χ4v) is 2.88. The van der Waals surface area contributed by atoms with Gasteiger partial charge in [0.15, 0.2) is 17.3 Å². The molecule has 0 aliphatic rings. The molecule has 2 aromatic carbocycles. The van der Waals surface area contributed by atoms with Crippen LogP contribution in [0.4, 0.5) is 11.4 Å². The number of nitrogens with zero attached hydrogens (tertiary/aromatic N) is 1. The van der Waals surface area contributed by atoms with E-state index in [1.54, 1.807) is 25.1 Å². The van der Waals surface area contributed by atoms with Crippen LogP contribution in [-0.2, 0) is 0 Å². The van der Waals surface area contributed by atoms with Gasteiger partial charge in [-0.15, -0.1) is 0 Å². The normalized spacial score (nSPS) is 11.1. The number of anilines is 2. The maximum absolute atomic E-state index is 13.0. The Bertz CT molecular complexity index is 873. The van der Waals surface area contributed by atoms with Gasteiger partial charge in [-0.3, -0.25) is 4.79 Å². The van der Waals surface area contributed by atoms with Crippen molar-refractivity contribution < 1.29 is 19.0 Å². The van der Waals surface area contributed by atoms with Crippen LogP contribution < -0.4 is 24.8 Å². The van der Waals surface area contributed by atoms with Crippen molar-refractivity contribution in [2.45, 2.75) is 6.92 Å². The van der Waals surface area contributed by atoms with Crippen LogP contribution in [-0.4, -0.2) is 41.2 Å². The van der Waals surface area contributed by atoms with Crippen LogP contribution in [0.15, 0.2) is 35.9 Å². The molecular weight excluding hydrogens is 344 g/mol. The number of rotatable bonds is 7. The topological polar surface area (TPSA) is 74.0 Å². The van der Waals surface area contributed by atoms with E-state index in [0.29, 0.717) is 34.1 Å². The first-order chi connectivity index (χ1) is 12.8. The largest absolute Gasteiger partial charge is 0.493 e. The molecule has 6 heteroatoms. The Morgan fingerprint density at radius 3 is 2.19 bits per heavy atom. The zero-order chi connectivity index (χ0) is 20.1. The van der Waals surface area contributed by atoms with Crippen LogP contribution in [0.25, 0.3) is 6.08 Å². The molecule has 0 aliphatic heterocycles. The predicted molar refractivity (Wildman–Crippen MR) is 109 cm³/mol. The molecule has 6 nitrogen and oxygen atoms in total. The van der Waals surface area contributed by atoms with Gasteiger partial charge < -0.3 is 24.8 Å². The minimum atomic E-state index is -0.164. The smallest absolute Gasteiger partial charge is 0.204 e. The second-order valence-electron chi connectivity index (χ2n) is 6.25. The monoisotopic (exact) mass is 370 g/mol. The van der Waals surface area contributed by atoms with Crippen molar-refractivity contribution in [1.29, 1.82) is 0 Å². The first kappa shape index (κ1) is 20.2. The van der Waals surface area contributed by atoms with Gasteiger partial charge in [0.05, 0.1) is 38.3 Å². The molecule has 2 rings (SSSR count). The third-order valence-electron chi connectivity index (χ3n) is 4.22. The molecule has 2 N–H and O–H groups in total. The van der Waals surface area contributed by atoms with Crippen LogP contribution in [0.3, 0.4) is 0 Å². The molecule has 0 atom stereocenters. The number of carbonyl (C=O) groups is 1. The molecular formula is C21H26N2O4. The number of ether oxygens (including phenoxy) is 3.